The maximum Gasteiger partial charge on any atom is 0.252 e. The molecule has 1 unspecified atom stereocenters. The number of carbonyl (C=O) groups excluding carboxylic acids is 1. The first-order valence-electron chi connectivity index (χ1n) is 6.42. The summed E-state index contributed by atoms with van der Waals surface area (Å²) in [6.07, 6.45) is 0. The second kappa shape index (κ2) is 6.15. The second-order valence-electron chi connectivity index (χ2n) is 4.92. The third-order valence-corrected chi connectivity index (χ3v) is 4.86. The molecule has 0 aliphatic heterocycles. The van der Waals surface area contributed by atoms with Crippen LogP contribution in [0.3, 0.4) is 0 Å². The van der Waals surface area contributed by atoms with Gasteiger partial charge in [-0.1, -0.05) is 0 Å². The highest BCUT2D eigenvalue weighted by Crippen LogP contribution is 2.27. The van der Waals surface area contributed by atoms with E-state index in [0.717, 1.165) is 5.56 Å². The van der Waals surface area contributed by atoms with Gasteiger partial charge in [0.2, 0.25) is 0 Å². The Balaban J connectivity index is 2.22. The van der Waals surface area contributed by atoms with Gasteiger partial charge in [0.25, 0.3) is 5.91 Å². The summed E-state index contributed by atoms with van der Waals surface area (Å²) in [4.78, 5) is 14.7. The van der Waals surface area contributed by atoms with Crippen molar-refractivity contribution in [3.05, 3.63) is 49.4 Å². The molecule has 0 spiro atoms. The van der Waals surface area contributed by atoms with E-state index < -0.39 is 5.82 Å². The third-order valence-electron chi connectivity index (χ3n) is 3.22. The Bertz CT molecular complexity index is 699. The lowest BCUT2D eigenvalue weighted by Crippen LogP contribution is -2.27. The second-order valence-corrected chi connectivity index (χ2v) is 7.23. The molecule has 1 amide bonds. The molecule has 6 heteroatoms. The molecule has 1 heterocycles. The third kappa shape index (κ3) is 3.44. The van der Waals surface area contributed by atoms with Crippen LogP contribution in [-0.4, -0.2) is 5.91 Å². The molecule has 1 aromatic carbocycles. The predicted molar refractivity (Wildman–Crippen MR) is 88.2 cm³/mol. The molecule has 3 nitrogen and oxygen atoms in total. The topological polar surface area (TPSA) is 55.1 Å². The molecule has 0 saturated heterocycles. The van der Waals surface area contributed by atoms with Crippen molar-refractivity contribution in [2.75, 3.05) is 5.73 Å². The van der Waals surface area contributed by atoms with Gasteiger partial charge in [-0.05, 0) is 60.5 Å². The number of nitrogen functional groups attached to an aromatic ring is 1. The molecule has 1 aromatic heterocycles. The van der Waals surface area contributed by atoms with Gasteiger partial charge in [0.15, 0.2) is 0 Å². The summed E-state index contributed by atoms with van der Waals surface area (Å²) in [6.45, 7) is 5.99. The van der Waals surface area contributed by atoms with Gasteiger partial charge in [-0.2, -0.15) is 0 Å². The number of carbonyl (C=O) groups is 1. The van der Waals surface area contributed by atoms with Crippen molar-refractivity contribution in [3.63, 3.8) is 0 Å². The van der Waals surface area contributed by atoms with Crippen LogP contribution in [0, 0.1) is 19.7 Å². The van der Waals surface area contributed by atoms with E-state index in [1.807, 2.05) is 20.8 Å². The Hall–Kier alpha value is -1.40. The molecule has 0 aliphatic carbocycles. The van der Waals surface area contributed by atoms with E-state index in [-0.39, 0.29) is 17.6 Å². The first-order chi connectivity index (χ1) is 9.79. The molecule has 0 radical (unpaired) electrons. The minimum Gasteiger partial charge on any atom is -0.396 e. The van der Waals surface area contributed by atoms with Crippen LogP contribution >= 0.6 is 27.3 Å². The Morgan fingerprint density at radius 3 is 2.62 bits per heavy atom. The summed E-state index contributed by atoms with van der Waals surface area (Å²) in [7, 11) is 0. The molecule has 0 bridgehead atoms. The molecule has 2 rings (SSSR count). The zero-order chi connectivity index (χ0) is 15.7. The van der Waals surface area contributed by atoms with Crippen molar-refractivity contribution in [3.8, 4) is 0 Å². The van der Waals surface area contributed by atoms with Gasteiger partial charge in [0, 0.05) is 14.2 Å². The van der Waals surface area contributed by atoms with Crippen LogP contribution in [-0.2, 0) is 0 Å². The number of hydrogen-bond donors (Lipinski definition) is 2. The highest BCUT2D eigenvalue weighted by Gasteiger charge is 2.18. The first-order valence-corrected chi connectivity index (χ1v) is 8.03. The lowest BCUT2D eigenvalue weighted by molar-refractivity contribution is 0.0939. The number of hydrogen-bond acceptors (Lipinski definition) is 3. The van der Waals surface area contributed by atoms with E-state index in [0.29, 0.717) is 10.0 Å². The molecule has 0 fully saturated rings. The predicted octanol–water partition coefficient (Wildman–Crippen LogP) is 4.34. The van der Waals surface area contributed by atoms with E-state index in [1.165, 1.54) is 21.9 Å². The van der Waals surface area contributed by atoms with Gasteiger partial charge >= 0.3 is 0 Å². The minimum atomic E-state index is -0.546. The lowest BCUT2D eigenvalue weighted by Gasteiger charge is -2.15. The van der Waals surface area contributed by atoms with Gasteiger partial charge in [0.1, 0.15) is 5.82 Å². The fraction of sp³-hybridized carbons (Fsp3) is 0.267. The maximum atomic E-state index is 13.3. The highest BCUT2D eigenvalue weighted by atomic mass is 79.9. The van der Waals surface area contributed by atoms with E-state index in [4.69, 9.17) is 5.73 Å². The zero-order valence-electron chi connectivity index (χ0n) is 12.0. The smallest absolute Gasteiger partial charge is 0.252 e. The molecule has 2 aromatic rings. The molecule has 3 N–H and O–H groups in total. The molecule has 1 atom stereocenters. The molecular weight excluding hydrogens is 355 g/mol. The summed E-state index contributed by atoms with van der Waals surface area (Å²) in [5.74, 6) is -0.833. The molecule has 0 aliphatic rings. The zero-order valence-corrected chi connectivity index (χ0v) is 14.4. The van der Waals surface area contributed by atoms with Crippen molar-refractivity contribution < 1.29 is 9.18 Å². The Labute approximate surface area is 135 Å². The first kappa shape index (κ1) is 16.0. The standard InChI is InChI=1S/C15H16BrFN2OS/c1-7-4-10(9(3)21-7)8(2)19-15(20)11-5-14(18)13(17)6-12(11)16/h4-6,8H,18H2,1-3H3,(H,19,20). The van der Waals surface area contributed by atoms with Crippen molar-refractivity contribution in [2.24, 2.45) is 0 Å². The van der Waals surface area contributed by atoms with Crippen LogP contribution in [0.4, 0.5) is 10.1 Å². The number of nitrogens with two attached hydrogens (primary N) is 1. The average Bonchev–Trinajstić information content (AvgIpc) is 2.72. The van der Waals surface area contributed by atoms with Crippen LogP contribution in [0.1, 0.15) is 38.6 Å². The summed E-state index contributed by atoms with van der Waals surface area (Å²) in [5.41, 5.74) is 6.90. The van der Waals surface area contributed by atoms with Gasteiger partial charge in [0.05, 0.1) is 17.3 Å². The quantitative estimate of drug-likeness (QED) is 0.789. The van der Waals surface area contributed by atoms with Crippen LogP contribution in [0.25, 0.3) is 0 Å². The summed E-state index contributed by atoms with van der Waals surface area (Å²) < 4.78 is 13.7. The average molecular weight is 371 g/mol. The normalized spacial score (nSPS) is 12.2. The van der Waals surface area contributed by atoms with E-state index >= 15 is 0 Å². The van der Waals surface area contributed by atoms with E-state index in [1.54, 1.807) is 11.3 Å². The number of nitrogens with one attached hydrogen (secondary N) is 1. The Morgan fingerprint density at radius 1 is 1.38 bits per heavy atom. The van der Waals surface area contributed by atoms with Gasteiger partial charge in [-0.3, -0.25) is 4.79 Å². The molecule has 0 saturated carbocycles. The SMILES string of the molecule is Cc1cc(C(C)NC(=O)c2cc(N)c(F)cc2Br)c(C)s1. The fourth-order valence-corrected chi connectivity index (χ4v) is 3.69. The highest BCUT2D eigenvalue weighted by molar-refractivity contribution is 9.10. The van der Waals surface area contributed by atoms with Crippen molar-refractivity contribution in [1.82, 2.24) is 5.32 Å². The number of rotatable bonds is 3. The minimum absolute atomic E-state index is 0.0430. The van der Waals surface area contributed by atoms with Crippen molar-refractivity contribution in [2.45, 2.75) is 26.8 Å². The number of aryl methyl sites for hydroxylation is 2. The summed E-state index contributed by atoms with van der Waals surface area (Å²) >= 11 is 4.89. The van der Waals surface area contributed by atoms with Gasteiger partial charge in [-0.25, -0.2) is 4.39 Å². The van der Waals surface area contributed by atoms with E-state index in [9.17, 15) is 9.18 Å². The Morgan fingerprint density at radius 2 is 2.05 bits per heavy atom. The number of amides is 1. The monoisotopic (exact) mass is 370 g/mol. The van der Waals surface area contributed by atoms with Crippen LogP contribution in [0.2, 0.25) is 0 Å². The maximum absolute atomic E-state index is 13.3. The van der Waals surface area contributed by atoms with Gasteiger partial charge in [-0.15, -0.1) is 11.3 Å². The number of thiophene rings is 1. The van der Waals surface area contributed by atoms with Crippen LogP contribution < -0.4 is 11.1 Å². The van der Waals surface area contributed by atoms with Crippen LogP contribution in [0.5, 0.6) is 0 Å². The van der Waals surface area contributed by atoms with Gasteiger partial charge < -0.3 is 11.1 Å². The lowest BCUT2D eigenvalue weighted by atomic mass is 10.1. The largest absolute Gasteiger partial charge is 0.396 e. The number of anilines is 1. The fourth-order valence-electron chi connectivity index (χ4n) is 2.17. The van der Waals surface area contributed by atoms with Crippen molar-refractivity contribution >= 4 is 38.9 Å². The van der Waals surface area contributed by atoms with Crippen LogP contribution in [0.15, 0.2) is 22.7 Å². The number of benzene rings is 1. The van der Waals surface area contributed by atoms with E-state index in [2.05, 4.69) is 27.3 Å². The summed E-state index contributed by atoms with van der Waals surface area (Å²) in [5, 5.41) is 2.91. The summed E-state index contributed by atoms with van der Waals surface area (Å²) in [6, 6.07) is 4.49. The number of halogens is 2. The Kier molecular flexibility index (Phi) is 4.68. The molecule has 21 heavy (non-hydrogen) atoms. The molecule has 112 valence electrons. The molecular formula is C15H16BrFN2OS. The van der Waals surface area contributed by atoms with Crippen molar-refractivity contribution in [1.29, 1.82) is 0 Å².